The molecule has 0 fully saturated rings. The summed E-state index contributed by atoms with van der Waals surface area (Å²) in [6.45, 7) is 1.92. The van der Waals surface area contributed by atoms with Crippen LogP contribution in [0.15, 0.2) is 55.1 Å². The summed E-state index contributed by atoms with van der Waals surface area (Å²) in [7, 11) is 1.60. The second-order valence-corrected chi connectivity index (χ2v) is 8.04. The van der Waals surface area contributed by atoms with Gasteiger partial charge in [-0.25, -0.2) is 9.67 Å². The molecule has 11 nitrogen and oxygen atoms in total. The van der Waals surface area contributed by atoms with Crippen molar-refractivity contribution in [1.82, 2.24) is 24.5 Å². The van der Waals surface area contributed by atoms with E-state index in [2.05, 4.69) is 20.6 Å². The molecule has 0 radical (unpaired) electrons. The molecule has 172 valence electrons. The average molecular weight is 459 g/mol. The third-order valence-corrected chi connectivity index (χ3v) is 5.84. The Balaban J connectivity index is 1.40. The summed E-state index contributed by atoms with van der Waals surface area (Å²) < 4.78 is 8.99. The first-order valence-electron chi connectivity index (χ1n) is 10.6. The van der Waals surface area contributed by atoms with Crippen molar-refractivity contribution in [1.29, 1.82) is 0 Å². The zero-order valence-corrected chi connectivity index (χ0v) is 18.5. The maximum atomic E-state index is 12.9. The van der Waals surface area contributed by atoms with Crippen LogP contribution in [0.2, 0.25) is 0 Å². The van der Waals surface area contributed by atoms with Crippen LogP contribution in [-0.2, 0) is 11.2 Å². The van der Waals surface area contributed by atoms with E-state index in [1.165, 1.54) is 16.8 Å². The van der Waals surface area contributed by atoms with Crippen LogP contribution in [0, 0.1) is 17.0 Å². The van der Waals surface area contributed by atoms with Crippen LogP contribution in [0.25, 0.3) is 16.9 Å². The third kappa shape index (κ3) is 3.87. The van der Waals surface area contributed by atoms with Crippen molar-refractivity contribution in [2.45, 2.75) is 25.8 Å². The van der Waals surface area contributed by atoms with Gasteiger partial charge in [-0.05, 0) is 43.5 Å². The molecule has 1 aliphatic rings. The van der Waals surface area contributed by atoms with Crippen molar-refractivity contribution in [2.75, 3.05) is 12.4 Å². The molecular weight excluding hydrogens is 438 g/mol. The molecule has 4 aromatic rings. The lowest BCUT2D eigenvalue weighted by Gasteiger charge is -2.12. The van der Waals surface area contributed by atoms with Crippen molar-refractivity contribution >= 4 is 17.3 Å². The fourth-order valence-electron chi connectivity index (χ4n) is 4.08. The summed E-state index contributed by atoms with van der Waals surface area (Å²) >= 11 is 0. The number of rotatable bonds is 5. The van der Waals surface area contributed by atoms with E-state index in [0.29, 0.717) is 30.0 Å². The lowest BCUT2D eigenvalue weighted by Crippen LogP contribution is -2.25. The summed E-state index contributed by atoms with van der Waals surface area (Å²) in [4.78, 5) is 27.8. The van der Waals surface area contributed by atoms with Crippen molar-refractivity contribution in [3.05, 3.63) is 76.5 Å². The maximum absolute atomic E-state index is 12.9. The largest absolute Gasteiger partial charge is 0.495 e. The average Bonchev–Trinajstić information content (AvgIpc) is 3.45. The van der Waals surface area contributed by atoms with Gasteiger partial charge in [0.2, 0.25) is 5.91 Å². The molecule has 0 saturated carbocycles. The summed E-state index contributed by atoms with van der Waals surface area (Å²) in [5, 5.41) is 22.4. The first-order chi connectivity index (χ1) is 16.4. The van der Waals surface area contributed by atoms with Crippen LogP contribution in [0.3, 0.4) is 0 Å². The van der Waals surface area contributed by atoms with Gasteiger partial charge in [0.1, 0.15) is 17.5 Å². The molecule has 0 saturated heterocycles. The van der Waals surface area contributed by atoms with Gasteiger partial charge in [0.15, 0.2) is 0 Å². The van der Waals surface area contributed by atoms with Crippen LogP contribution in [0.4, 0.5) is 11.4 Å². The zero-order chi connectivity index (χ0) is 23.8. The quantitative estimate of drug-likeness (QED) is 0.357. The highest BCUT2D eigenvalue weighted by Crippen LogP contribution is 2.32. The molecular formula is C23H21N7O4. The summed E-state index contributed by atoms with van der Waals surface area (Å²) in [6.07, 6.45) is 6.28. The van der Waals surface area contributed by atoms with E-state index in [1.54, 1.807) is 25.7 Å². The maximum Gasteiger partial charge on any atom is 0.269 e. The van der Waals surface area contributed by atoms with Crippen molar-refractivity contribution in [3.63, 3.8) is 0 Å². The molecule has 2 aromatic heterocycles. The highest BCUT2D eigenvalue weighted by atomic mass is 16.6. The van der Waals surface area contributed by atoms with E-state index >= 15 is 0 Å². The molecule has 1 amide bonds. The molecule has 11 heteroatoms. The lowest BCUT2D eigenvalue weighted by atomic mass is 10.1. The number of nitro groups is 1. The van der Waals surface area contributed by atoms with Crippen LogP contribution >= 0.6 is 0 Å². The molecule has 0 spiro atoms. The van der Waals surface area contributed by atoms with Gasteiger partial charge >= 0.3 is 0 Å². The van der Waals surface area contributed by atoms with Crippen molar-refractivity contribution in [3.8, 4) is 22.7 Å². The Morgan fingerprint density at radius 2 is 2.06 bits per heavy atom. The van der Waals surface area contributed by atoms with Gasteiger partial charge in [-0.15, -0.1) is 5.10 Å². The SMILES string of the molecule is COc1cc(-c2cn(C3CCc4cc([N+](=O)[O-])ccc4NC3=O)nn2)ccc1-n1cnc(C)c1. The second-order valence-electron chi connectivity index (χ2n) is 8.04. The Morgan fingerprint density at radius 1 is 1.21 bits per heavy atom. The number of nitro benzene ring substituents is 1. The number of methoxy groups -OCH3 is 1. The number of carbonyl (C=O) groups is 1. The minimum absolute atomic E-state index is 0.00209. The normalized spacial score (nSPS) is 15.4. The molecule has 1 N–H and O–H groups in total. The van der Waals surface area contributed by atoms with Gasteiger partial charge < -0.3 is 14.6 Å². The van der Waals surface area contributed by atoms with Gasteiger partial charge in [-0.1, -0.05) is 11.3 Å². The second kappa shape index (κ2) is 8.43. The van der Waals surface area contributed by atoms with Crippen molar-refractivity contribution < 1.29 is 14.5 Å². The Bertz CT molecular complexity index is 1410. The topological polar surface area (TPSA) is 130 Å². The number of benzene rings is 2. The van der Waals surface area contributed by atoms with E-state index in [0.717, 1.165) is 22.5 Å². The Labute approximate surface area is 194 Å². The number of non-ortho nitro benzene ring substituents is 1. The molecule has 1 unspecified atom stereocenters. The number of anilines is 1. The van der Waals surface area contributed by atoms with E-state index in [1.807, 2.05) is 35.9 Å². The minimum atomic E-state index is -0.595. The molecule has 3 heterocycles. The number of fused-ring (bicyclic) bond motifs is 1. The fourth-order valence-corrected chi connectivity index (χ4v) is 4.08. The molecule has 5 rings (SSSR count). The highest BCUT2D eigenvalue weighted by molar-refractivity contribution is 5.95. The number of nitrogens with one attached hydrogen (secondary N) is 1. The molecule has 34 heavy (non-hydrogen) atoms. The number of aromatic nitrogens is 5. The predicted octanol–water partition coefficient (Wildman–Crippen LogP) is 3.48. The number of ether oxygens (including phenoxy) is 1. The molecule has 1 atom stereocenters. The molecule has 0 bridgehead atoms. The predicted molar refractivity (Wildman–Crippen MR) is 123 cm³/mol. The van der Waals surface area contributed by atoms with Crippen LogP contribution in [0.1, 0.15) is 23.7 Å². The highest BCUT2D eigenvalue weighted by Gasteiger charge is 2.27. The van der Waals surface area contributed by atoms with Crippen LogP contribution in [0.5, 0.6) is 5.75 Å². The first-order valence-corrected chi connectivity index (χ1v) is 10.6. The zero-order valence-electron chi connectivity index (χ0n) is 18.5. The minimum Gasteiger partial charge on any atom is -0.495 e. The van der Waals surface area contributed by atoms with E-state index < -0.39 is 11.0 Å². The van der Waals surface area contributed by atoms with E-state index in [4.69, 9.17) is 4.74 Å². The van der Waals surface area contributed by atoms with E-state index in [-0.39, 0.29) is 11.6 Å². The fraction of sp³-hybridized carbons (Fsp3) is 0.217. The molecule has 0 aliphatic carbocycles. The Morgan fingerprint density at radius 3 is 2.79 bits per heavy atom. The van der Waals surface area contributed by atoms with Crippen LogP contribution in [-0.4, -0.2) is 42.5 Å². The number of nitrogens with zero attached hydrogens (tertiary/aromatic N) is 6. The lowest BCUT2D eigenvalue weighted by molar-refractivity contribution is -0.384. The number of carbonyl (C=O) groups excluding carboxylic acids is 1. The Hall–Kier alpha value is -4.54. The first kappa shape index (κ1) is 21.3. The van der Waals surface area contributed by atoms with Crippen LogP contribution < -0.4 is 10.1 Å². The number of amides is 1. The smallest absolute Gasteiger partial charge is 0.269 e. The molecule has 1 aliphatic heterocycles. The van der Waals surface area contributed by atoms with Gasteiger partial charge in [-0.2, -0.15) is 0 Å². The van der Waals surface area contributed by atoms with Gasteiger partial charge in [-0.3, -0.25) is 14.9 Å². The summed E-state index contributed by atoms with van der Waals surface area (Å²) in [5.41, 5.74) is 4.42. The van der Waals surface area contributed by atoms with Gasteiger partial charge in [0, 0.05) is 29.6 Å². The van der Waals surface area contributed by atoms with Crippen molar-refractivity contribution in [2.24, 2.45) is 0 Å². The number of hydrogen-bond acceptors (Lipinski definition) is 7. The number of aryl methyl sites for hydroxylation is 2. The monoisotopic (exact) mass is 459 g/mol. The summed E-state index contributed by atoms with van der Waals surface area (Å²) in [5.74, 6) is 0.404. The number of imidazole rings is 1. The van der Waals surface area contributed by atoms with E-state index in [9.17, 15) is 14.9 Å². The standard InChI is InChI=1S/C23H21N7O4/c1-14-11-28(13-24-14)20-7-3-16(10-22(20)34-2)19-12-29(27-26-19)21-8-4-15-9-17(30(32)33)5-6-18(15)25-23(21)31/h3,5-7,9-13,21H,4,8H2,1-2H3,(H,25,31). The third-order valence-electron chi connectivity index (χ3n) is 5.84. The number of hydrogen-bond donors (Lipinski definition) is 1. The Kier molecular flexibility index (Phi) is 5.28. The van der Waals surface area contributed by atoms with Gasteiger partial charge in [0.05, 0.1) is 35.9 Å². The van der Waals surface area contributed by atoms with Gasteiger partial charge in [0.25, 0.3) is 5.69 Å². The molecule has 2 aromatic carbocycles. The summed E-state index contributed by atoms with van der Waals surface area (Å²) in [6, 6.07) is 9.54.